The van der Waals surface area contributed by atoms with E-state index in [0.29, 0.717) is 0 Å². The Morgan fingerprint density at radius 1 is 1.50 bits per heavy atom. The molecule has 0 radical (unpaired) electrons. The van der Waals surface area contributed by atoms with Crippen LogP contribution in [0.25, 0.3) is 0 Å². The van der Waals surface area contributed by atoms with Crippen LogP contribution in [0, 0.1) is 28.9 Å². The van der Waals surface area contributed by atoms with Crippen LogP contribution >= 0.6 is 0 Å². The minimum absolute atomic E-state index is 0.0639. The Kier molecular flexibility index (Phi) is 2.37. The Morgan fingerprint density at radius 2 is 2.00 bits per heavy atom. The van der Waals surface area contributed by atoms with Crippen LogP contribution in [0.5, 0.6) is 0 Å². The maximum Gasteiger partial charge on any atom is 0.144 e. The van der Waals surface area contributed by atoms with E-state index < -0.39 is 29.5 Å². The first-order valence-electron chi connectivity index (χ1n) is 5.16. The molecule has 1 aromatic carbocycles. The van der Waals surface area contributed by atoms with Crippen molar-refractivity contribution >= 4 is 0 Å². The first kappa shape index (κ1) is 7.93. The maximum absolute atomic E-state index is 13.3. The van der Waals surface area contributed by atoms with Crippen LogP contribution in [0.2, 0.25) is 0 Å². The molecule has 0 saturated carbocycles. The average Bonchev–Trinajstić information content (AvgIpc) is 2.14. The molecule has 0 N–H and O–H groups in total. The van der Waals surface area contributed by atoms with Gasteiger partial charge < -0.3 is 0 Å². The minimum atomic E-state index is -1.16. The van der Waals surface area contributed by atoms with Crippen molar-refractivity contribution < 1.29 is 11.5 Å². The molecule has 0 aliphatic heterocycles. The third-order valence-corrected chi connectivity index (χ3v) is 1.63. The molecule has 1 nitrogen and oxygen atoms in total. The summed E-state index contributed by atoms with van der Waals surface area (Å²) in [4.78, 5) is 0. The quantitative estimate of drug-likeness (QED) is 0.714. The fraction of sp³-hybridized carbons (Fsp3) is 0.364. The molecule has 74 valence electrons. The van der Waals surface area contributed by atoms with Crippen molar-refractivity contribution in [1.82, 2.24) is 0 Å². The maximum atomic E-state index is 13.3. The molecule has 1 rings (SSSR count). The first-order chi connectivity index (χ1) is 7.27. The molecule has 0 saturated heterocycles. The summed E-state index contributed by atoms with van der Waals surface area (Å²) in [6, 6.07) is 3.29. The number of nitrogens with zero attached hydrogens (tertiary/aromatic N) is 1. The van der Waals surface area contributed by atoms with Crippen molar-refractivity contribution in [1.29, 1.82) is 5.26 Å². The minimum Gasteiger partial charge on any atom is -0.205 e. The Balaban J connectivity index is 3.25. The number of hydrogen-bond acceptors (Lipinski definition) is 1. The van der Waals surface area contributed by atoms with Gasteiger partial charge in [-0.1, -0.05) is 13.8 Å². The largest absolute Gasteiger partial charge is 0.205 e. The fourth-order valence-electron chi connectivity index (χ4n) is 1.12. The van der Waals surface area contributed by atoms with E-state index in [2.05, 4.69) is 0 Å². The zero-order valence-corrected chi connectivity index (χ0v) is 7.94. The van der Waals surface area contributed by atoms with Crippen LogP contribution in [0.15, 0.2) is 12.1 Å². The predicted octanol–water partition coefficient (Wildman–Crippen LogP) is 3.03. The normalized spacial score (nSPS) is 15.4. The van der Waals surface area contributed by atoms with Gasteiger partial charge in [-0.2, -0.15) is 5.26 Å². The van der Waals surface area contributed by atoms with E-state index in [4.69, 9.17) is 8.00 Å². The first-order valence-corrected chi connectivity index (χ1v) is 4.08. The van der Waals surface area contributed by atoms with E-state index in [1.54, 1.807) is 0 Å². The zero-order valence-electron chi connectivity index (χ0n) is 9.94. The summed E-state index contributed by atoms with van der Waals surface area (Å²) >= 11 is 0. The van der Waals surface area contributed by atoms with E-state index in [-0.39, 0.29) is 5.56 Å². The second kappa shape index (κ2) is 4.19. The number of benzene rings is 1. The molecular weight excluding hydrogens is 184 g/mol. The van der Waals surface area contributed by atoms with Crippen LogP contribution in [-0.4, -0.2) is 0 Å². The van der Waals surface area contributed by atoms with Gasteiger partial charge in [0.1, 0.15) is 23.3 Å². The molecule has 1 aromatic rings. The van der Waals surface area contributed by atoms with Gasteiger partial charge in [0.25, 0.3) is 0 Å². The summed E-state index contributed by atoms with van der Waals surface area (Å²) in [5.74, 6) is -3.13. The van der Waals surface area contributed by atoms with Crippen molar-refractivity contribution in [2.75, 3.05) is 0 Å². The molecule has 0 fully saturated rings. The Bertz CT molecular complexity index is 423. The van der Waals surface area contributed by atoms with Crippen molar-refractivity contribution in [2.45, 2.75) is 20.2 Å². The van der Waals surface area contributed by atoms with Gasteiger partial charge in [-0.3, -0.25) is 0 Å². The topological polar surface area (TPSA) is 23.8 Å². The lowest BCUT2D eigenvalue weighted by Crippen LogP contribution is -1.98. The van der Waals surface area contributed by atoms with Crippen molar-refractivity contribution in [3.8, 4) is 6.07 Å². The number of halogens is 2. The van der Waals surface area contributed by atoms with E-state index in [1.165, 1.54) is 19.9 Å². The van der Waals surface area contributed by atoms with Crippen LogP contribution in [0.3, 0.4) is 0 Å². The third-order valence-electron chi connectivity index (χ3n) is 1.63. The molecule has 0 aromatic heterocycles. The van der Waals surface area contributed by atoms with Crippen molar-refractivity contribution in [3.63, 3.8) is 0 Å². The lowest BCUT2D eigenvalue weighted by Gasteiger charge is -2.06. The Morgan fingerprint density at radius 3 is 2.36 bits per heavy atom. The molecule has 0 heterocycles. The number of rotatable bonds is 2. The highest BCUT2D eigenvalue weighted by Crippen LogP contribution is 2.16. The molecule has 1 atom stereocenters. The molecule has 0 bridgehead atoms. The fourth-order valence-corrected chi connectivity index (χ4v) is 1.12. The number of nitriles is 1. The van der Waals surface area contributed by atoms with Crippen LogP contribution in [-0.2, 0) is 6.40 Å². The predicted molar refractivity (Wildman–Crippen MR) is 49.6 cm³/mol. The van der Waals surface area contributed by atoms with Gasteiger partial charge in [-0.25, -0.2) is 8.78 Å². The van der Waals surface area contributed by atoms with Gasteiger partial charge in [0, 0.05) is 2.74 Å². The second-order valence-corrected chi connectivity index (χ2v) is 3.19. The summed E-state index contributed by atoms with van der Waals surface area (Å²) in [6.07, 6.45) is -1.07. The van der Waals surface area contributed by atoms with Crippen molar-refractivity contribution in [2.24, 2.45) is 5.89 Å². The van der Waals surface area contributed by atoms with Gasteiger partial charge in [0.15, 0.2) is 0 Å². The second-order valence-electron chi connectivity index (χ2n) is 3.19. The SMILES string of the molecule is [2H]C(c1cc(F)c(C#N)c(F)c1)C([2H])(C)C. The molecule has 0 spiro atoms. The Hall–Kier alpha value is -1.43. The third kappa shape index (κ3) is 2.29. The summed E-state index contributed by atoms with van der Waals surface area (Å²) in [5, 5.41) is 8.47. The molecule has 0 amide bonds. The highest BCUT2D eigenvalue weighted by Gasteiger charge is 2.10. The van der Waals surface area contributed by atoms with Crippen molar-refractivity contribution in [3.05, 3.63) is 34.9 Å². The lowest BCUT2D eigenvalue weighted by atomic mass is 10.0. The van der Waals surface area contributed by atoms with Crippen LogP contribution < -0.4 is 0 Å². The smallest absolute Gasteiger partial charge is 0.144 e. The monoisotopic (exact) mass is 197 g/mol. The molecule has 3 heteroatoms. The summed E-state index contributed by atoms with van der Waals surface area (Å²) in [7, 11) is 0. The van der Waals surface area contributed by atoms with E-state index >= 15 is 0 Å². The van der Waals surface area contributed by atoms with Crippen LogP contribution in [0.1, 0.15) is 27.7 Å². The lowest BCUT2D eigenvalue weighted by molar-refractivity contribution is 0.566. The molecular formula is C11H11F2N. The molecule has 14 heavy (non-hydrogen) atoms. The van der Waals surface area contributed by atoms with Gasteiger partial charge in [-0.15, -0.1) is 0 Å². The highest BCUT2D eigenvalue weighted by atomic mass is 19.1. The van der Waals surface area contributed by atoms with E-state index in [1.807, 2.05) is 0 Å². The molecule has 0 aliphatic rings. The van der Waals surface area contributed by atoms with E-state index in [0.717, 1.165) is 12.1 Å². The van der Waals surface area contributed by atoms with Gasteiger partial charge >= 0.3 is 0 Å². The van der Waals surface area contributed by atoms with Gasteiger partial charge in [0.05, 0.1) is 0 Å². The summed E-state index contributed by atoms with van der Waals surface area (Å²) in [6.45, 7) is 2.97. The highest BCUT2D eigenvalue weighted by molar-refractivity contribution is 5.35. The molecule has 0 aliphatic carbocycles. The number of hydrogen-bond donors (Lipinski definition) is 0. The zero-order chi connectivity index (χ0) is 12.5. The summed E-state index contributed by atoms with van der Waals surface area (Å²) in [5.41, 5.74) is -0.590. The Labute approximate surface area is 84.8 Å². The van der Waals surface area contributed by atoms with Gasteiger partial charge in [0.2, 0.25) is 0 Å². The van der Waals surface area contributed by atoms with E-state index in [9.17, 15) is 8.78 Å². The van der Waals surface area contributed by atoms with Crippen LogP contribution in [0.4, 0.5) is 8.78 Å². The average molecular weight is 197 g/mol. The van der Waals surface area contributed by atoms with Gasteiger partial charge in [-0.05, 0) is 30.0 Å². The standard InChI is InChI=1S/C11H11F2N/c1-7(2)3-8-4-10(12)9(6-14)11(13)5-8/h4-5,7H,3H2,1-2H3/i3D,7D. The summed E-state index contributed by atoms with van der Waals surface area (Å²) < 4.78 is 41.8. The molecule has 1 unspecified atom stereocenters.